The van der Waals surface area contributed by atoms with Gasteiger partial charge in [-0.05, 0) is 17.7 Å². The topological polar surface area (TPSA) is 69.7 Å². The first-order valence-electron chi connectivity index (χ1n) is 11.6. The van der Waals surface area contributed by atoms with Crippen molar-refractivity contribution in [2.75, 3.05) is 6.61 Å². The predicted molar refractivity (Wildman–Crippen MR) is 136 cm³/mol. The van der Waals surface area contributed by atoms with Crippen molar-refractivity contribution in [2.45, 2.75) is 16.8 Å². The third kappa shape index (κ3) is 3.45. The molecule has 0 aromatic heterocycles. The van der Waals surface area contributed by atoms with E-state index in [2.05, 4.69) is 0 Å². The molecule has 2 heterocycles. The minimum absolute atomic E-state index is 0.00907. The van der Waals surface area contributed by atoms with Crippen molar-refractivity contribution < 1.29 is 22.7 Å². The molecular formula is C30H22O5S. The summed E-state index contributed by atoms with van der Waals surface area (Å²) in [6, 6.07) is 34.1. The molecule has 6 rings (SSSR count). The smallest absolute Gasteiger partial charge is 0.223 e. The van der Waals surface area contributed by atoms with Gasteiger partial charge in [-0.3, -0.25) is 4.79 Å². The summed E-state index contributed by atoms with van der Waals surface area (Å²) in [4.78, 5) is 13.7. The van der Waals surface area contributed by atoms with Crippen LogP contribution in [-0.2, 0) is 25.1 Å². The van der Waals surface area contributed by atoms with Gasteiger partial charge in [-0.1, -0.05) is 103 Å². The first kappa shape index (κ1) is 22.6. The number of sulfone groups is 1. The Labute approximate surface area is 209 Å². The standard InChI is InChI=1S/C30H22O5S/c31-28-24-18-10-11-19-26(24)36(32,33)29(27(28)21-12-4-1-5-13-21)25-20-34-30(35-25,22-14-6-2-7-15-22)23-16-8-3-9-17-23/h1-19,25H,20H2. The molecule has 1 atom stereocenters. The van der Waals surface area contributed by atoms with Gasteiger partial charge in [-0.2, -0.15) is 0 Å². The van der Waals surface area contributed by atoms with Crippen LogP contribution in [-0.4, -0.2) is 26.9 Å². The first-order chi connectivity index (χ1) is 17.5. The highest BCUT2D eigenvalue weighted by atomic mass is 32.2. The van der Waals surface area contributed by atoms with E-state index >= 15 is 0 Å². The fraction of sp³-hybridized carbons (Fsp3) is 0.100. The van der Waals surface area contributed by atoms with Crippen molar-refractivity contribution in [2.24, 2.45) is 0 Å². The number of carbonyl (C=O) groups excluding carboxylic acids is 1. The molecular weight excluding hydrogens is 472 g/mol. The molecule has 2 aliphatic heterocycles. The van der Waals surface area contributed by atoms with Crippen molar-refractivity contribution in [1.82, 2.24) is 0 Å². The van der Waals surface area contributed by atoms with Gasteiger partial charge in [0.2, 0.25) is 15.6 Å². The maximum Gasteiger partial charge on any atom is 0.223 e. The fourth-order valence-corrected chi connectivity index (χ4v) is 6.86. The van der Waals surface area contributed by atoms with E-state index in [1.165, 1.54) is 6.07 Å². The summed E-state index contributed by atoms with van der Waals surface area (Å²) >= 11 is 0. The predicted octanol–water partition coefficient (Wildman–Crippen LogP) is 5.38. The van der Waals surface area contributed by atoms with Gasteiger partial charge in [0.05, 0.1) is 16.4 Å². The summed E-state index contributed by atoms with van der Waals surface area (Å²) in [7, 11) is -4.06. The summed E-state index contributed by atoms with van der Waals surface area (Å²) in [6.07, 6.45) is -0.997. The summed E-state index contributed by atoms with van der Waals surface area (Å²) in [5, 5.41) is 0. The molecule has 1 fully saturated rings. The van der Waals surface area contributed by atoms with E-state index in [1.807, 2.05) is 66.7 Å². The Kier molecular flexibility index (Phi) is 5.45. The highest BCUT2D eigenvalue weighted by Crippen LogP contribution is 2.47. The highest BCUT2D eigenvalue weighted by Gasteiger charge is 2.51. The van der Waals surface area contributed by atoms with Crippen LogP contribution in [0.5, 0.6) is 0 Å². The Morgan fingerprint density at radius 2 is 1.22 bits per heavy atom. The van der Waals surface area contributed by atoms with Crippen LogP contribution in [0.3, 0.4) is 0 Å². The number of carbonyl (C=O) groups is 1. The van der Waals surface area contributed by atoms with Crippen LogP contribution in [0.1, 0.15) is 27.0 Å². The Morgan fingerprint density at radius 3 is 1.83 bits per heavy atom. The number of ketones is 1. The maximum atomic E-state index is 14.1. The molecule has 0 radical (unpaired) electrons. The lowest BCUT2D eigenvalue weighted by Gasteiger charge is -2.30. The van der Waals surface area contributed by atoms with E-state index in [4.69, 9.17) is 9.47 Å². The van der Waals surface area contributed by atoms with Crippen LogP contribution in [0.15, 0.2) is 125 Å². The summed E-state index contributed by atoms with van der Waals surface area (Å²) < 4.78 is 41.1. The lowest BCUT2D eigenvalue weighted by atomic mass is 9.94. The van der Waals surface area contributed by atoms with E-state index in [0.717, 1.165) is 11.1 Å². The second-order valence-electron chi connectivity index (χ2n) is 8.70. The zero-order chi connectivity index (χ0) is 24.8. The highest BCUT2D eigenvalue weighted by molar-refractivity contribution is 7.95. The quantitative estimate of drug-likeness (QED) is 0.381. The van der Waals surface area contributed by atoms with Crippen molar-refractivity contribution in [1.29, 1.82) is 0 Å². The van der Waals surface area contributed by atoms with Crippen molar-refractivity contribution in [3.8, 4) is 0 Å². The van der Waals surface area contributed by atoms with E-state index in [1.54, 1.807) is 42.5 Å². The summed E-state index contributed by atoms with van der Waals surface area (Å²) in [6.45, 7) is -0.0376. The van der Waals surface area contributed by atoms with Gasteiger partial charge in [0.15, 0.2) is 5.78 Å². The molecule has 0 amide bonds. The zero-order valence-electron chi connectivity index (χ0n) is 19.2. The molecule has 0 bridgehead atoms. The minimum atomic E-state index is -4.06. The van der Waals surface area contributed by atoms with Gasteiger partial charge in [0, 0.05) is 22.3 Å². The third-order valence-electron chi connectivity index (χ3n) is 6.59. The largest absolute Gasteiger partial charge is 0.339 e. The number of hydrogen-bond donors (Lipinski definition) is 0. The molecule has 5 nitrogen and oxygen atoms in total. The van der Waals surface area contributed by atoms with Crippen molar-refractivity contribution in [3.63, 3.8) is 0 Å². The van der Waals surface area contributed by atoms with E-state index in [9.17, 15) is 13.2 Å². The summed E-state index contributed by atoms with van der Waals surface area (Å²) in [5.74, 6) is -1.67. The minimum Gasteiger partial charge on any atom is -0.339 e. The van der Waals surface area contributed by atoms with Gasteiger partial charge in [-0.25, -0.2) is 8.42 Å². The molecule has 2 aliphatic rings. The number of rotatable bonds is 4. The van der Waals surface area contributed by atoms with E-state index in [0.29, 0.717) is 5.56 Å². The second kappa shape index (κ2) is 8.68. The Bertz CT molecular complexity index is 1540. The average molecular weight is 495 g/mol. The first-order valence-corrected chi connectivity index (χ1v) is 13.1. The average Bonchev–Trinajstić information content (AvgIpc) is 3.38. The molecule has 178 valence electrons. The molecule has 6 heteroatoms. The fourth-order valence-electron chi connectivity index (χ4n) is 4.98. The van der Waals surface area contributed by atoms with Gasteiger partial charge >= 0.3 is 0 Å². The van der Waals surface area contributed by atoms with Crippen molar-refractivity contribution in [3.05, 3.63) is 142 Å². The molecule has 4 aromatic rings. The molecule has 1 saturated heterocycles. The van der Waals surface area contributed by atoms with Gasteiger partial charge in [0.25, 0.3) is 0 Å². The molecule has 0 spiro atoms. The second-order valence-corrected chi connectivity index (χ2v) is 10.6. The number of ether oxygens (including phenoxy) is 2. The summed E-state index contributed by atoms with van der Waals surface area (Å²) in [5.41, 5.74) is 2.29. The lowest BCUT2D eigenvalue weighted by Crippen LogP contribution is -2.33. The van der Waals surface area contributed by atoms with Crippen LogP contribution in [0.2, 0.25) is 0 Å². The Hall–Kier alpha value is -3.84. The molecule has 0 saturated carbocycles. The zero-order valence-corrected chi connectivity index (χ0v) is 20.0. The number of hydrogen-bond acceptors (Lipinski definition) is 5. The van der Waals surface area contributed by atoms with E-state index < -0.39 is 21.7 Å². The molecule has 1 unspecified atom stereocenters. The van der Waals surface area contributed by atoms with Crippen LogP contribution in [0, 0.1) is 0 Å². The normalized spacial score (nSPS) is 20.2. The number of allylic oxidation sites excluding steroid dienone is 1. The molecule has 0 aliphatic carbocycles. The van der Waals surface area contributed by atoms with Gasteiger partial charge in [0.1, 0.15) is 6.10 Å². The Balaban J connectivity index is 1.57. The number of benzene rings is 4. The monoisotopic (exact) mass is 494 g/mol. The van der Waals surface area contributed by atoms with Crippen LogP contribution < -0.4 is 0 Å². The maximum absolute atomic E-state index is 14.1. The van der Waals surface area contributed by atoms with Crippen LogP contribution in [0.4, 0.5) is 0 Å². The molecule has 36 heavy (non-hydrogen) atoms. The molecule has 0 N–H and O–H groups in total. The van der Waals surface area contributed by atoms with Crippen molar-refractivity contribution >= 4 is 21.2 Å². The Morgan fingerprint density at radius 1 is 0.694 bits per heavy atom. The van der Waals surface area contributed by atoms with Gasteiger partial charge in [-0.15, -0.1) is 0 Å². The number of fused-ring (bicyclic) bond motifs is 1. The van der Waals surface area contributed by atoms with E-state index in [-0.39, 0.29) is 33.3 Å². The van der Waals surface area contributed by atoms with Crippen LogP contribution >= 0.6 is 0 Å². The molecule has 4 aromatic carbocycles. The third-order valence-corrected chi connectivity index (χ3v) is 8.57. The lowest BCUT2D eigenvalue weighted by molar-refractivity contribution is -0.137. The number of Topliss-reactive ketones (excluding diaryl/α,β-unsaturated/α-hetero) is 1. The van der Waals surface area contributed by atoms with Gasteiger partial charge < -0.3 is 9.47 Å². The van der Waals surface area contributed by atoms with Crippen LogP contribution in [0.25, 0.3) is 5.57 Å². The SMILES string of the molecule is O=C1C(c2ccccc2)=C(C2COC(c3ccccc3)(c3ccccc3)O2)S(=O)(=O)c2ccccc21.